The van der Waals surface area contributed by atoms with Gasteiger partial charge in [-0.3, -0.25) is 0 Å². The zero-order chi connectivity index (χ0) is 39.3. The van der Waals surface area contributed by atoms with Gasteiger partial charge < -0.3 is 5.53 Å². The van der Waals surface area contributed by atoms with Crippen LogP contribution in [0.3, 0.4) is 0 Å². The fourth-order valence-corrected chi connectivity index (χ4v) is 8.25. The molecule has 308 valence electrons. The van der Waals surface area contributed by atoms with Gasteiger partial charge in [0.15, 0.2) is 0 Å². The molecule has 0 aliphatic heterocycles. The second kappa shape index (κ2) is 36.5. The molecule has 0 fully saturated rings. The van der Waals surface area contributed by atoms with Crippen molar-refractivity contribution in [3.05, 3.63) is 87.5 Å². The number of hydrogen-bond donors (Lipinski definition) is 0. The summed E-state index contributed by atoms with van der Waals surface area (Å²) in [5.74, 6) is 2.99. The third-order valence-electron chi connectivity index (χ3n) is 10.4. The van der Waals surface area contributed by atoms with E-state index in [1.54, 1.807) is 0 Å². The van der Waals surface area contributed by atoms with E-state index in [0.29, 0.717) is 0 Å². The second-order valence-corrected chi connectivity index (χ2v) is 16.9. The van der Waals surface area contributed by atoms with Crippen LogP contribution in [0.1, 0.15) is 224 Å². The Morgan fingerprint density at radius 2 is 0.926 bits per heavy atom. The van der Waals surface area contributed by atoms with Crippen LogP contribution >= 0.6 is 0 Å². The Bertz CT molecular complexity index is 1280. The maximum Gasteiger partial charge on any atom is 0.303 e. The van der Waals surface area contributed by atoms with Crippen LogP contribution in [0, 0.1) is 0 Å². The predicted molar refractivity (Wildman–Crippen MR) is 238 cm³/mol. The van der Waals surface area contributed by atoms with Gasteiger partial charge in [0.1, 0.15) is 0 Å². The van der Waals surface area contributed by atoms with Gasteiger partial charge in [-0.05, 0) is 84.8 Å². The Kier molecular flexibility index (Phi) is 33.7. The summed E-state index contributed by atoms with van der Waals surface area (Å²) in [5, 5.41) is 2.85. The second-order valence-electron chi connectivity index (χ2n) is 15.4. The number of aryl methyl sites for hydroxylation is 2. The monoisotopic (exact) mass is 783 g/mol. The van der Waals surface area contributed by atoms with Crippen LogP contribution < -0.4 is 0 Å². The Hall–Kier alpha value is -2.17. The van der Waals surface area contributed by atoms with Crippen molar-refractivity contribution in [3.63, 3.8) is 0 Å². The minimum Gasteiger partial charge on any atom is -0.348 e. The molecule has 0 N–H and O–H groups in total. The minimum absolute atomic E-state index is 0.884. The number of unbranched alkanes of at least 4 members (excludes halogenated alkanes) is 17. The van der Waals surface area contributed by atoms with Gasteiger partial charge in [0, 0.05) is 0 Å². The number of rotatable bonds is 32. The smallest absolute Gasteiger partial charge is 0.303 e. The first-order valence-corrected chi connectivity index (χ1v) is 24.3. The summed E-state index contributed by atoms with van der Waals surface area (Å²) in [5.41, 5.74) is 18.5. The summed E-state index contributed by atoms with van der Waals surface area (Å²) in [7, 11) is 0. The fraction of sp³-hybridized carbons (Fsp3) is 0.686. The molecule has 2 rings (SSSR count). The van der Waals surface area contributed by atoms with Crippen molar-refractivity contribution in [3.8, 4) is 0 Å². The van der Waals surface area contributed by atoms with Crippen LogP contribution in [0.25, 0.3) is 11.1 Å². The quantitative estimate of drug-likeness (QED) is 0.0177. The first-order valence-electron chi connectivity index (χ1n) is 22.9. The zero-order valence-electron chi connectivity index (χ0n) is 36.3. The minimum atomic E-state index is 0.884. The molecule has 0 aromatic heterocycles. The average molecular weight is 784 g/mol. The van der Waals surface area contributed by atoms with Crippen LogP contribution in [-0.4, -0.2) is 10.7 Å². The topological polar surface area (TPSA) is 36.4 Å². The fourth-order valence-electron chi connectivity index (χ4n) is 7.02. The summed E-state index contributed by atoms with van der Waals surface area (Å²) in [6.45, 7) is 13.5. The van der Waals surface area contributed by atoms with Crippen molar-refractivity contribution < 1.29 is 19.2 Å². The Morgan fingerprint density at radius 1 is 0.500 bits per heavy atom. The van der Waals surface area contributed by atoms with Crippen molar-refractivity contribution in [2.24, 2.45) is 0 Å². The maximum atomic E-state index is 9.51. The van der Waals surface area contributed by atoms with Crippen molar-refractivity contribution in [1.82, 2.24) is 0 Å². The van der Waals surface area contributed by atoms with Gasteiger partial charge in [-0.2, -0.15) is 0 Å². The molecule has 2 aromatic carbocycles. The van der Waals surface area contributed by atoms with Gasteiger partial charge in [-0.1, -0.05) is 108 Å². The summed E-state index contributed by atoms with van der Waals surface area (Å²) in [6, 6.07) is 18.2. The van der Waals surface area contributed by atoms with E-state index in [0.717, 1.165) is 56.9 Å². The average Bonchev–Trinajstić information content (AvgIpc) is 3.19. The molecule has 0 atom stereocenters. The van der Waals surface area contributed by atoms with Crippen LogP contribution in [0.5, 0.6) is 0 Å². The van der Waals surface area contributed by atoms with E-state index in [4.69, 9.17) is 0 Å². The van der Waals surface area contributed by atoms with E-state index in [2.05, 4.69) is 101 Å². The van der Waals surface area contributed by atoms with Gasteiger partial charge in [0.05, 0.1) is 5.57 Å². The zero-order valence-corrected chi connectivity index (χ0v) is 37.3. The van der Waals surface area contributed by atoms with Crippen molar-refractivity contribution >= 4 is 11.4 Å². The molecule has 0 bridgehead atoms. The molecule has 54 heavy (non-hydrogen) atoms. The first-order chi connectivity index (χ1) is 26.6. The first kappa shape index (κ1) is 49.9. The molecule has 0 saturated heterocycles. The molecular weight excluding hydrogens is 699 g/mol. The maximum absolute atomic E-state index is 9.51. The van der Waals surface area contributed by atoms with Crippen molar-refractivity contribution in [1.29, 1.82) is 0 Å². The standard InChI is InChI=1S/C33H46N2.2C9H19.Ni/c1-5-9-13-17-28-19-15-22-30(25-28)33(29-21-14-18-27(24-29)16-10-6-2)32(23-12-8-4)31(26-35-34)20-11-7-3;2*1-3-5-7-9-8-6-4-2;/h14-15,18-19,21-22,24-25H,5-13,16-17,20,23H2,1-4H3;2*1,3-9H2,2H3;. The molecule has 2 nitrogen and oxygen atoms in total. The number of allylic oxidation sites excluding steroid dienone is 2. The molecule has 0 unspecified atom stereocenters. The van der Waals surface area contributed by atoms with Crippen LogP contribution in [-0.2, 0) is 27.3 Å². The molecule has 0 spiro atoms. The Labute approximate surface area is 342 Å². The third kappa shape index (κ3) is 24.4. The van der Waals surface area contributed by atoms with Gasteiger partial charge >= 0.3 is 135 Å². The molecule has 0 saturated carbocycles. The van der Waals surface area contributed by atoms with Crippen LogP contribution in [0.2, 0.25) is 10.8 Å². The predicted octanol–water partition coefficient (Wildman–Crippen LogP) is 17.2. The summed E-state index contributed by atoms with van der Waals surface area (Å²) < 4.78 is 0. The molecule has 0 aliphatic carbocycles. The van der Waals surface area contributed by atoms with Gasteiger partial charge in [-0.25, -0.2) is 0 Å². The largest absolute Gasteiger partial charge is 0.348 e. The van der Waals surface area contributed by atoms with Crippen molar-refractivity contribution in [2.45, 2.75) is 226 Å². The van der Waals surface area contributed by atoms with E-state index in [9.17, 15) is 5.53 Å². The van der Waals surface area contributed by atoms with Crippen LogP contribution in [0.4, 0.5) is 0 Å². The van der Waals surface area contributed by atoms with Gasteiger partial charge in [0.2, 0.25) is 0 Å². The third-order valence-corrected chi connectivity index (χ3v) is 11.8. The molecule has 0 aliphatic rings. The van der Waals surface area contributed by atoms with E-state index < -0.39 is 0 Å². The van der Waals surface area contributed by atoms with E-state index in [1.165, 1.54) is 166 Å². The van der Waals surface area contributed by atoms with E-state index in [-0.39, 0.29) is 0 Å². The summed E-state index contributed by atoms with van der Waals surface area (Å²) in [4.78, 5) is 3.39. The molecule has 2 aromatic rings. The van der Waals surface area contributed by atoms with Crippen molar-refractivity contribution in [2.75, 3.05) is 0 Å². The summed E-state index contributed by atoms with van der Waals surface area (Å²) >= 11 is 2.01. The SMILES string of the molecule is CCCCCCCC[CH2][Ni][CH2]CCCCCCCC.CCCCCc1cccc(C(=C(CCCC)C(=C=[N+]=[N-])CCCC)c2cccc(CCCC)c2)c1. The van der Waals surface area contributed by atoms with Crippen LogP contribution in [0.15, 0.2) is 59.7 Å². The van der Waals surface area contributed by atoms with Gasteiger partial charge in [0.25, 0.3) is 0 Å². The summed E-state index contributed by atoms with van der Waals surface area (Å²) in [6.07, 6.45) is 34.9. The normalized spacial score (nSPS) is 11.4. The Balaban J connectivity index is 0.000000650. The molecular formula is C51H84N2Ni. The van der Waals surface area contributed by atoms with Gasteiger partial charge in [-0.15, -0.1) is 4.79 Å². The molecule has 0 amide bonds. The molecule has 0 heterocycles. The molecule has 0 radical (unpaired) electrons. The Morgan fingerprint density at radius 3 is 1.41 bits per heavy atom. The van der Waals surface area contributed by atoms with E-state index >= 15 is 0 Å². The molecule has 3 heteroatoms. The van der Waals surface area contributed by atoms with E-state index in [1.807, 2.05) is 14.4 Å². The number of hydrogen-bond acceptors (Lipinski definition) is 0. The number of nitrogens with zero attached hydrogens (tertiary/aromatic N) is 2. The number of benzene rings is 2.